The van der Waals surface area contributed by atoms with Gasteiger partial charge in [0.15, 0.2) is 0 Å². The summed E-state index contributed by atoms with van der Waals surface area (Å²) in [5.41, 5.74) is 7.96. The Bertz CT molecular complexity index is 613. The second-order valence-electron chi connectivity index (χ2n) is 6.15. The molecule has 0 bridgehead atoms. The molecule has 126 valence electrons. The van der Waals surface area contributed by atoms with Gasteiger partial charge in [-0.3, -0.25) is 4.90 Å². The Morgan fingerprint density at radius 1 is 1.39 bits per heavy atom. The highest BCUT2D eigenvalue weighted by atomic mass is 35.5. The van der Waals surface area contributed by atoms with Gasteiger partial charge in [-0.05, 0) is 56.5 Å². The number of piperidine rings is 1. The predicted octanol–water partition coefficient (Wildman–Crippen LogP) is 3.98. The number of hydrogen-bond acceptors (Lipinski definition) is 4. The fourth-order valence-electron chi connectivity index (χ4n) is 3.00. The van der Waals surface area contributed by atoms with E-state index in [2.05, 4.69) is 16.8 Å². The van der Waals surface area contributed by atoms with E-state index in [0.29, 0.717) is 16.8 Å². The van der Waals surface area contributed by atoms with Crippen LogP contribution >= 0.6 is 24.0 Å². The van der Waals surface area contributed by atoms with Gasteiger partial charge in [0, 0.05) is 29.7 Å². The minimum absolute atomic E-state index is 0. The fraction of sp³-hybridized carbons (Fsp3) is 0.471. The Labute approximate surface area is 148 Å². The van der Waals surface area contributed by atoms with Crippen molar-refractivity contribution in [3.63, 3.8) is 0 Å². The number of nitrogens with two attached hydrogens (primary N) is 1. The highest BCUT2D eigenvalue weighted by Crippen LogP contribution is 2.23. The Balaban J connectivity index is 0.00000192. The first-order chi connectivity index (χ1) is 10.6. The quantitative estimate of drug-likeness (QED) is 0.901. The zero-order valence-electron chi connectivity index (χ0n) is 13.2. The lowest BCUT2D eigenvalue weighted by atomic mass is 9.92. The van der Waals surface area contributed by atoms with E-state index in [1.165, 1.54) is 12.8 Å². The second kappa shape index (κ2) is 8.15. The summed E-state index contributed by atoms with van der Waals surface area (Å²) >= 11 is 5.90. The van der Waals surface area contributed by atoms with Crippen LogP contribution in [0.25, 0.3) is 11.5 Å². The highest BCUT2D eigenvalue weighted by Gasteiger charge is 2.23. The number of oxazole rings is 1. The molecule has 0 aliphatic carbocycles. The maximum atomic E-state index is 6.04. The number of nitrogens with zero attached hydrogens (tertiary/aromatic N) is 2. The molecule has 1 fully saturated rings. The first kappa shape index (κ1) is 18.3. The van der Waals surface area contributed by atoms with Gasteiger partial charge < -0.3 is 10.2 Å². The molecule has 3 rings (SSSR count). The third-order valence-corrected chi connectivity index (χ3v) is 4.57. The number of hydrogen-bond donors (Lipinski definition) is 1. The summed E-state index contributed by atoms with van der Waals surface area (Å²) in [6.45, 7) is 5.07. The van der Waals surface area contributed by atoms with Gasteiger partial charge in [-0.2, -0.15) is 0 Å². The van der Waals surface area contributed by atoms with E-state index < -0.39 is 0 Å². The van der Waals surface area contributed by atoms with Gasteiger partial charge >= 0.3 is 0 Å². The van der Waals surface area contributed by atoms with Crippen LogP contribution < -0.4 is 5.73 Å². The van der Waals surface area contributed by atoms with Gasteiger partial charge in [-0.1, -0.05) is 11.6 Å². The molecule has 6 heteroatoms. The normalized spacial score (nSPS) is 20.0. The Morgan fingerprint density at radius 2 is 2.13 bits per heavy atom. The third kappa shape index (κ3) is 4.70. The largest absolute Gasteiger partial charge is 0.444 e. The summed E-state index contributed by atoms with van der Waals surface area (Å²) in [7, 11) is 0. The molecule has 1 aliphatic heterocycles. The van der Waals surface area contributed by atoms with Crippen LogP contribution in [0.2, 0.25) is 5.02 Å². The monoisotopic (exact) mass is 355 g/mol. The van der Waals surface area contributed by atoms with Gasteiger partial charge in [0.1, 0.15) is 6.26 Å². The molecule has 2 aromatic rings. The summed E-state index contributed by atoms with van der Waals surface area (Å²) in [6, 6.07) is 7.79. The Morgan fingerprint density at radius 3 is 2.83 bits per heavy atom. The van der Waals surface area contributed by atoms with Crippen molar-refractivity contribution in [1.29, 1.82) is 0 Å². The van der Waals surface area contributed by atoms with Crippen molar-refractivity contribution in [2.24, 2.45) is 11.7 Å². The summed E-state index contributed by atoms with van der Waals surface area (Å²) in [5, 5.41) is 0.714. The molecule has 0 radical (unpaired) electrons. The first-order valence-corrected chi connectivity index (χ1v) is 8.18. The van der Waals surface area contributed by atoms with Crippen LogP contribution in [0.4, 0.5) is 0 Å². The van der Waals surface area contributed by atoms with Gasteiger partial charge in [0.2, 0.25) is 5.89 Å². The van der Waals surface area contributed by atoms with E-state index in [9.17, 15) is 0 Å². The lowest BCUT2D eigenvalue weighted by Crippen LogP contribution is -2.41. The van der Waals surface area contributed by atoms with Crippen molar-refractivity contribution < 1.29 is 4.42 Å². The molecule has 0 saturated carbocycles. The van der Waals surface area contributed by atoms with E-state index in [-0.39, 0.29) is 18.4 Å². The molecule has 0 amide bonds. The summed E-state index contributed by atoms with van der Waals surface area (Å²) < 4.78 is 5.60. The third-order valence-electron chi connectivity index (χ3n) is 4.31. The van der Waals surface area contributed by atoms with E-state index in [0.717, 1.165) is 30.9 Å². The van der Waals surface area contributed by atoms with Crippen LogP contribution in [0.1, 0.15) is 25.5 Å². The van der Waals surface area contributed by atoms with Crippen LogP contribution in [0, 0.1) is 5.92 Å². The molecular formula is C17H23Cl2N3O. The predicted molar refractivity (Wildman–Crippen MR) is 95.8 cm³/mol. The van der Waals surface area contributed by atoms with Crippen molar-refractivity contribution in [2.75, 3.05) is 13.1 Å². The lowest BCUT2D eigenvalue weighted by Gasteiger charge is -2.34. The van der Waals surface area contributed by atoms with Crippen LogP contribution in [-0.2, 0) is 6.54 Å². The molecule has 4 nitrogen and oxygen atoms in total. The number of rotatable bonds is 4. The van der Waals surface area contributed by atoms with Gasteiger partial charge in [0.25, 0.3) is 0 Å². The van der Waals surface area contributed by atoms with Crippen LogP contribution in [0.15, 0.2) is 34.9 Å². The van der Waals surface area contributed by atoms with Crippen molar-refractivity contribution in [2.45, 2.75) is 32.4 Å². The topological polar surface area (TPSA) is 55.3 Å². The molecule has 1 aromatic carbocycles. The van der Waals surface area contributed by atoms with Gasteiger partial charge in [0.05, 0.1) is 5.69 Å². The second-order valence-corrected chi connectivity index (χ2v) is 6.58. The number of benzene rings is 1. The zero-order valence-corrected chi connectivity index (χ0v) is 14.8. The molecule has 2 N–H and O–H groups in total. The Hall–Kier alpha value is -1.07. The van der Waals surface area contributed by atoms with Crippen molar-refractivity contribution in [3.05, 3.63) is 41.2 Å². The average Bonchev–Trinajstić information content (AvgIpc) is 2.96. The molecule has 2 unspecified atom stereocenters. The summed E-state index contributed by atoms with van der Waals surface area (Å²) in [5.74, 6) is 1.23. The van der Waals surface area contributed by atoms with Crippen molar-refractivity contribution in [1.82, 2.24) is 9.88 Å². The molecule has 1 aromatic heterocycles. The van der Waals surface area contributed by atoms with Gasteiger partial charge in [-0.15, -0.1) is 12.4 Å². The zero-order chi connectivity index (χ0) is 15.5. The number of aromatic nitrogens is 1. The van der Waals surface area contributed by atoms with Gasteiger partial charge in [-0.25, -0.2) is 4.98 Å². The molecule has 23 heavy (non-hydrogen) atoms. The van der Waals surface area contributed by atoms with Crippen LogP contribution in [0.3, 0.4) is 0 Å². The molecular weight excluding hydrogens is 333 g/mol. The van der Waals surface area contributed by atoms with E-state index >= 15 is 0 Å². The molecule has 1 aliphatic rings. The van der Waals surface area contributed by atoms with E-state index in [1.54, 1.807) is 6.26 Å². The van der Waals surface area contributed by atoms with Crippen molar-refractivity contribution >= 4 is 24.0 Å². The SMILES string of the molecule is CC(N)C1CCCN(Cc2coc(-c3ccc(Cl)cc3)n2)C1.Cl. The van der Waals surface area contributed by atoms with E-state index in [4.69, 9.17) is 21.8 Å². The number of likely N-dealkylation sites (tertiary alicyclic amines) is 1. The first-order valence-electron chi connectivity index (χ1n) is 7.80. The van der Waals surface area contributed by atoms with E-state index in [1.807, 2.05) is 24.3 Å². The molecule has 0 spiro atoms. The standard InChI is InChI=1S/C17H22ClN3O.ClH/c1-12(19)14-3-2-8-21(9-14)10-16-11-22-17(20-16)13-4-6-15(18)7-5-13;/h4-7,11-12,14H,2-3,8-10,19H2,1H3;1H. The lowest BCUT2D eigenvalue weighted by molar-refractivity contribution is 0.153. The highest BCUT2D eigenvalue weighted by molar-refractivity contribution is 6.30. The minimum Gasteiger partial charge on any atom is -0.444 e. The maximum absolute atomic E-state index is 6.04. The molecule has 1 saturated heterocycles. The van der Waals surface area contributed by atoms with Crippen LogP contribution in [-0.4, -0.2) is 29.0 Å². The summed E-state index contributed by atoms with van der Waals surface area (Å²) in [6.07, 6.45) is 4.18. The number of halogens is 2. The molecule has 2 atom stereocenters. The smallest absolute Gasteiger partial charge is 0.226 e. The van der Waals surface area contributed by atoms with Crippen LogP contribution in [0.5, 0.6) is 0 Å². The average molecular weight is 356 g/mol. The Kier molecular flexibility index (Phi) is 6.48. The minimum atomic E-state index is 0. The summed E-state index contributed by atoms with van der Waals surface area (Å²) in [4.78, 5) is 7.01. The molecule has 2 heterocycles. The maximum Gasteiger partial charge on any atom is 0.226 e. The van der Waals surface area contributed by atoms with Crippen molar-refractivity contribution in [3.8, 4) is 11.5 Å². The fourth-order valence-corrected chi connectivity index (χ4v) is 3.12.